The van der Waals surface area contributed by atoms with Crippen LogP contribution in [0.25, 0.3) is 42.3 Å². The molecular formula is C31H29F3N2S. The Hall–Kier alpha value is -2.99. The predicted molar refractivity (Wildman–Crippen MR) is 147 cm³/mol. The lowest BCUT2D eigenvalue weighted by atomic mass is 9.82. The molecule has 0 amide bonds. The third kappa shape index (κ3) is 4.39. The van der Waals surface area contributed by atoms with E-state index in [1.54, 1.807) is 23.7 Å². The summed E-state index contributed by atoms with van der Waals surface area (Å²) in [7, 11) is 0. The van der Waals surface area contributed by atoms with Gasteiger partial charge < -0.3 is 0 Å². The van der Waals surface area contributed by atoms with E-state index in [2.05, 4.69) is 55.0 Å². The Morgan fingerprint density at radius 3 is 2.32 bits per heavy atom. The molecule has 5 aromatic rings. The molecule has 1 aliphatic carbocycles. The van der Waals surface area contributed by atoms with Crippen LogP contribution in [-0.4, -0.2) is 9.97 Å². The van der Waals surface area contributed by atoms with Crippen LogP contribution in [0.4, 0.5) is 13.2 Å². The summed E-state index contributed by atoms with van der Waals surface area (Å²) in [6, 6.07) is 14.7. The molecule has 0 N–H and O–H groups in total. The lowest BCUT2D eigenvalue weighted by Crippen LogP contribution is -2.12. The molecule has 2 heterocycles. The summed E-state index contributed by atoms with van der Waals surface area (Å²) in [5.74, 6) is 0.617. The SMILES string of the molecule is CC(C)(C)c1cc(-c2ncnc3c2sc2cc(C4CCCCC4)ccc23)cc2cc(C(F)(F)F)ccc12. The summed E-state index contributed by atoms with van der Waals surface area (Å²) in [6.45, 7) is 6.26. The number of aromatic nitrogens is 2. The van der Waals surface area contributed by atoms with Crippen LogP contribution in [0.1, 0.15) is 75.5 Å². The highest BCUT2D eigenvalue weighted by molar-refractivity contribution is 7.26. The third-order valence-electron chi connectivity index (χ3n) is 7.71. The van der Waals surface area contributed by atoms with Crippen LogP contribution in [0, 0.1) is 0 Å². The van der Waals surface area contributed by atoms with E-state index in [1.807, 2.05) is 6.07 Å². The number of nitrogens with zero attached hydrogens (tertiary/aromatic N) is 2. The quantitative estimate of drug-likeness (QED) is 0.232. The van der Waals surface area contributed by atoms with Crippen molar-refractivity contribution in [2.24, 2.45) is 0 Å². The molecule has 2 nitrogen and oxygen atoms in total. The van der Waals surface area contributed by atoms with Crippen molar-refractivity contribution >= 4 is 42.4 Å². The minimum absolute atomic E-state index is 0.255. The molecule has 0 saturated heterocycles. The molecule has 37 heavy (non-hydrogen) atoms. The summed E-state index contributed by atoms with van der Waals surface area (Å²) in [5, 5.41) is 2.52. The summed E-state index contributed by atoms with van der Waals surface area (Å²) in [4.78, 5) is 9.29. The molecule has 0 atom stereocenters. The Morgan fingerprint density at radius 2 is 1.59 bits per heavy atom. The molecule has 0 unspecified atom stereocenters. The zero-order valence-corrected chi connectivity index (χ0v) is 22.1. The first-order valence-electron chi connectivity index (χ1n) is 12.9. The highest BCUT2D eigenvalue weighted by atomic mass is 32.1. The van der Waals surface area contributed by atoms with E-state index in [1.165, 1.54) is 54.5 Å². The second kappa shape index (κ2) is 8.80. The number of alkyl halides is 3. The molecule has 0 radical (unpaired) electrons. The topological polar surface area (TPSA) is 25.8 Å². The standard InChI is InChI=1S/C31H29F3N2S/c1-30(2,3)25-15-21(13-20-14-22(31(32,33)34)10-12-23(20)25)27-29-28(36-17-35-27)24-11-9-19(16-26(24)37-29)18-7-5-4-6-8-18/h9-18H,4-8H2,1-3H3. The van der Waals surface area contributed by atoms with E-state index in [0.29, 0.717) is 11.3 Å². The van der Waals surface area contributed by atoms with Crippen LogP contribution in [0.3, 0.4) is 0 Å². The van der Waals surface area contributed by atoms with Crippen molar-refractivity contribution < 1.29 is 13.2 Å². The second-order valence-electron chi connectivity index (χ2n) is 11.3. The molecule has 1 fully saturated rings. The molecule has 1 aliphatic rings. The van der Waals surface area contributed by atoms with Crippen molar-refractivity contribution in [2.45, 2.75) is 70.4 Å². The fourth-order valence-electron chi connectivity index (χ4n) is 5.79. The Balaban J connectivity index is 1.55. The van der Waals surface area contributed by atoms with Gasteiger partial charge in [0.15, 0.2) is 0 Å². The number of rotatable bonds is 2. The summed E-state index contributed by atoms with van der Waals surface area (Å²) in [6.07, 6.45) is 3.58. The Labute approximate surface area is 218 Å². The number of fused-ring (bicyclic) bond motifs is 4. The van der Waals surface area contributed by atoms with Crippen LogP contribution in [0.15, 0.2) is 54.9 Å². The monoisotopic (exact) mass is 518 g/mol. The first-order valence-corrected chi connectivity index (χ1v) is 13.7. The summed E-state index contributed by atoms with van der Waals surface area (Å²) < 4.78 is 42.8. The van der Waals surface area contributed by atoms with Crippen molar-refractivity contribution in [3.8, 4) is 11.3 Å². The first-order chi connectivity index (χ1) is 17.6. The zero-order valence-electron chi connectivity index (χ0n) is 21.2. The number of thiophene rings is 1. The van der Waals surface area contributed by atoms with E-state index in [9.17, 15) is 13.2 Å². The predicted octanol–water partition coefficient (Wildman–Crippen LogP) is 10.0. The van der Waals surface area contributed by atoms with Crippen LogP contribution < -0.4 is 0 Å². The smallest absolute Gasteiger partial charge is 0.235 e. The number of halogens is 3. The van der Waals surface area contributed by atoms with Gasteiger partial charge in [-0.25, -0.2) is 9.97 Å². The van der Waals surface area contributed by atoms with E-state index in [-0.39, 0.29) is 5.41 Å². The number of benzene rings is 3. The molecule has 0 aliphatic heterocycles. The Morgan fingerprint density at radius 1 is 0.838 bits per heavy atom. The highest BCUT2D eigenvalue weighted by Gasteiger charge is 2.31. The molecule has 2 aromatic heterocycles. The number of hydrogen-bond donors (Lipinski definition) is 0. The van der Waals surface area contributed by atoms with Gasteiger partial charge in [0, 0.05) is 15.6 Å². The molecule has 0 spiro atoms. The van der Waals surface area contributed by atoms with Crippen molar-refractivity contribution in [2.75, 3.05) is 0 Å². The second-order valence-corrected chi connectivity index (χ2v) is 12.4. The summed E-state index contributed by atoms with van der Waals surface area (Å²) in [5.41, 5.74) is 4.01. The lowest BCUT2D eigenvalue weighted by Gasteiger charge is -2.23. The molecule has 1 saturated carbocycles. The molecule has 3 aromatic carbocycles. The largest absolute Gasteiger partial charge is 0.416 e. The van der Waals surface area contributed by atoms with E-state index in [0.717, 1.165) is 37.8 Å². The van der Waals surface area contributed by atoms with Gasteiger partial charge in [0.1, 0.15) is 6.33 Å². The zero-order chi connectivity index (χ0) is 25.9. The van der Waals surface area contributed by atoms with Gasteiger partial charge in [0.2, 0.25) is 0 Å². The third-order valence-corrected chi connectivity index (χ3v) is 8.86. The van der Waals surface area contributed by atoms with Gasteiger partial charge in [-0.3, -0.25) is 0 Å². The van der Waals surface area contributed by atoms with Crippen LogP contribution in [-0.2, 0) is 11.6 Å². The highest BCUT2D eigenvalue weighted by Crippen LogP contribution is 2.43. The van der Waals surface area contributed by atoms with Gasteiger partial charge in [-0.05, 0) is 76.4 Å². The first kappa shape index (κ1) is 24.4. The Bertz CT molecular complexity index is 1640. The fraction of sp³-hybridized carbons (Fsp3) is 0.355. The van der Waals surface area contributed by atoms with Gasteiger partial charge in [-0.15, -0.1) is 11.3 Å². The maximum atomic E-state index is 13.5. The average Bonchev–Trinajstić information content (AvgIpc) is 3.25. The molecule has 0 bridgehead atoms. The van der Waals surface area contributed by atoms with Gasteiger partial charge >= 0.3 is 6.18 Å². The van der Waals surface area contributed by atoms with E-state index >= 15 is 0 Å². The van der Waals surface area contributed by atoms with Gasteiger partial charge in [0.05, 0.1) is 21.5 Å². The lowest BCUT2D eigenvalue weighted by molar-refractivity contribution is -0.137. The molecular weight excluding hydrogens is 489 g/mol. The van der Waals surface area contributed by atoms with E-state index < -0.39 is 11.7 Å². The van der Waals surface area contributed by atoms with Crippen LogP contribution in [0.5, 0.6) is 0 Å². The van der Waals surface area contributed by atoms with Crippen molar-refractivity contribution in [1.29, 1.82) is 0 Å². The summed E-state index contributed by atoms with van der Waals surface area (Å²) >= 11 is 1.68. The average molecular weight is 519 g/mol. The van der Waals surface area contributed by atoms with E-state index in [4.69, 9.17) is 0 Å². The number of hydrogen-bond acceptors (Lipinski definition) is 3. The van der Waals surface area contributed by atoms with Crippen LogP contribution >= 0.6 is 11.3 Å². The molecule has 190 valence electrons. The fourth-order valence-corrected chi connectivity index (χ4v) is 7.01. The van der Waals surface area contributed by atoms with Gasteiger partial charge in [0.25, 0.3) is 0 Å². The van der Waals surface area contributed by atoms with Crippen LogP contribution in [0.2, 0.25) is 0 Å². The van der Waals surface area contributed by atoms with Crippen molar-refractivity contribution in [3.05, 3.63) is 71.5 Å². The minimum atomic E-state index is -4.39. The van der Waals surface area contributed by atoms with Crippen molar-refractivity contribution in [3.63, 3.8) is 0 Å². The van der Waals surface area contributed by atoms with Gasteiger partial charge in [-0.1, -0.05) is 58.2 Å². The maximum absolute atomic E-state index is 13.5. The maximum Gasteiger partial charge on any atom is 0.416 e. The minimum Gasteiger partial charge on any atom is -0.235 e. The van der Waals surface area contributed by atoms with Crippen molar-refractivity contribution in [1.82, 2.24) is 9.97 Å². The van der Waals surface area contributed by atoms with Gasteiger partial charge in [-0.2, -0.15) is 13.2 Å². The molecule has 6 heteroatoms. The Kier molecular flexibility index (Phi) is 5.79. The normalized spacial score (nSPS) is 15.7. The molecule has 6 rings (SSSR count).